The van der Waals surface area contributed by atoms with Gasteiger partial charge in [-0.15, -0.1) is 0 Å². The molecule has 98 valence electrons. The molecule has 0 bridgehead atoms. The average Bonchev–Trinajstić information content (AvgIpc) is 3.08. The van der Waals surface area contributed by atoms with Crippen LogP contribution < -0.4 is 5.32 Å². The van der Waals surface area contributed by atoms with Crippen LogP contribution in [0.5, 0.6) is 0 Å². The Labute approximate surface area is 104 Å². The van der Waals surface area contributed by atoms with E-state index in [0.717, 1.165) is 6.61 Å². The highest BCUT2D eigenvalue weighted by molar-refractivity contribution is 5.07. The van der Waals surface area contributed by atoms with Crippen LogP contribution in [-0.2, 0) is 9.47 Å². The van der Waals surface area contributed by atoms with E-state index >= 15 is 0 Å². The number of ether oxygens (including phenoxy) is 2. The van der Waals surface area contributed by atoms with E-state index < -0.39 is 5.54 Å². The Morgan fingerprint density at radius 2 is 2.18 bits per heavy atom. The number of rotatable bonds is 9. The second-order valence-corrected chi connectivity index (χ2v) is 4.94. The summed E-state index contributed by atoms with van der Waals surface area (Å²) >= 11 is 0. The molecular weight excluding hydrogens is 216 g/mol. The molecule has 0 aromatic rings. The molecule has 4 heteroatoms. The zero-order valence-corrected chi connectivity index (χ0v) is 11.2. The van der Waals surface area contributed by atoms with Crippen molar-refractivity contribution in [2.45, 2.75) is 57.7 Å². The van der Waals surface area contributed by atoms with Gasteiger partial charge in [-0.2, -0.15) is 5.26 Å². The normalized spacial score (nSPS) is 20.6. The monoisotopic (exact) mass is 240 g/mol. The first kappa shape index (κ1) is 14.4. The average molecular weight is 240 g/mol. The Morgan fingerprint density at radius 3 is 2.71 bits per heavy atom. The summed E-state index contributed by atoms with van der Waals surface area (Å²) in [7, 11) is 0. The van der Waals surface area contributed by atoms with Crippen molar-refractivity contribution in [2.24, 2.45) is 0 Å². The first-order chi connectivity index (χ1) is 8.09. The second-order valence-electron chi connectivity index (χ2n) is 4.94. The maximum atomic E-state index is 9.23. The Morgan fingerprint density at radius 1 is 1.47 bits per heavy atom. The Kier molecular flexibility index (Phi) is 5.90. The molecule has 0 amide bonds. The van der Waals surface area contributed by atoms with E-state index in [-0.39, 0.29) is 6.10 Å². The van der Waals surface area contributed by atoms with Crippen LogP contribution in [0.15, 0.2) is 0 Å². The van der Waals surface area contributed by atoms with Crippen LogP contribution in [0.3, 0.4) is 0 Å². The SMILES string of the molecule is CCOCCOC(C)CC(C)(C#N)NC1CC1. The van der Waals surface area contributed by atoms with Gasteiger partial charge in [0, 0.05) is 19.1 Å². The molecule has 1 saturated carbocycles. The van der Waals surface area contributed by atoms with Gasteiger partial charge in [0.05, 0.1) is 25.4 Å². The molecule has 1 aliphatic rings. The molecule has 2 unspecified atom stereocenters. The van der Waals surface area contributed by atoms with Gasteiger partial charge in [-0.1, -0.05) is 0 Å². The minimum absolute atomic E-state index is 0.0753. The summed E-state index contributed by atoms with van der Waals surface area (Å²) in [6.45, 7) is 7.87. The molecular formula is C13H24N2O2. The number of nitriles is 1. The van der Waals surface area contributed by atoms with Gasteiger partial charge in [0.2, 0.25) is 0 Å². The van der Waals surface area contributed by atoms with E-state index in [4.69, 9.17) is 9.47 Å². The van der Waals surface area contributed by atoms with Crippen LogP contribution in [-0.4, -0.2) is 37.5 Å². The van der Waals surface area contributed by atoms with Crippen molar-refractivity contribution in [3.63, 3.8) is 0 Å². The third-order valence-corrected chi connectivity index (χ3v) is 2.88. The summed E-state index contributed by atoms with van der Waals surface area (Å²) < 4.78 is 10.8. The molecule has 2 atom stereocenters. The molecule has 0 aliphatic heterocycles. The van der Waals surface area contributed by atoms with Gasteiger partial charge in [-0.05, 0) is 33.6 Å². The zero-order chi connectivity index (χ0) is 12.7. The molecule has 0 saturated heterocycles. The number of hydrogen-bond donors (Lipinski definition) is 1. The highest BCUT2D eigenvalue weighted by Gasteiger charge is 2.33. The minimum Gasteiger partial charge on any atom is -0.379 e. The highest BCUT2D eigenvalue weighted by Crippen LogP contribution is 2.24. The molecule has 0 aromatic heterocycles. The minimum atomic E-state index is -0.466. The lowest BCUT2D eigenvalue weighted by Gasteiger charge is -2.26. The Bertz CT molecular complexity index is 261. The van der Waals surface area contributed by atoms with E-state index in [1.54, 1.807) is 0 Å². The van der Waals surface area contributed by atoms with E-state index in [9.17, 15) is 5.26 Å². The van der Waals surface area contributed by atoms with Crippen molar-refractivity contribution >= 4 is 0 Å². The summed E-state index contributed by atoms with van der Waals surface area (Å²) in [4.78, 5) is 0. The van der Waals surface area contributed by atoms with Crippen molar-refractivity contribution in [1.82, 2.24) is 5.32 Å². The maximum absolute atomic E-state index is 9.23. The lowest BCUT2D eigenvalue weighted by Crippen LogP contribution is -2.45. The van der Waals surface area contributed by atoms with Gasteiger partial charge in [-0.25, -0.2) is 0 Å². The van der Waals surface area contributed by atoms with Gasteiger partial charge < -0.3 is 9.47 Å². The molecule has 1 N–H and O–H groups in total. The lowest BCUT2D eigenvalue weighted by molar-refractivity contribution is 0.00502. The van der Waals surface area contributed by atoms with Gasteiger partial charge >= 0.3 is 0 Å². The zero-order valence-electron chi connectivity index (χ0n) is 11.2. The predicted molar refractivity (Wildman–Crippen MR) is 66.7 cm³/mol. The summed E-state index contributed by atoms with van der Waals surface area (Å²) in [6, 6.07) is 2.90. The standard InChI is InChI=1S/C13H24N2O2/c1-4-16-7-8-17-11(2)9-13(3,10-14)15-12-5-6-12/h11-12,15H,4-9H2,1-3H3. The van der Waals surface area contributed by atoms with Crippen molar-refractivity contribution in [2.75, 3.05) is 19.8 Å². The van der Waals surface area contributed by atoms with Gasteiger partial charge in [0.15, 0.2) is 0 Å². The third-order valence-electron chi connectivity index (χ3n) is 2.88. The van der Waals surface area contributed by atoms with E-state index in [1.807, 2.05) is 20.8 Å². The number of nitrogens with zero attached hydrogens (tertiary/aromatic N) is 1. The molecule has 0 heterocycles. The summed E-state index contributed by atoms with van der Waals surface area (Å²) in [6.07, 6.45) is 3.17. The first-order valence-corrected chi connectivity index (χ1v) is 6.48. The van der Waals surface area contributed by atoms with Crippen molar-refractivity contribution < 1.29 is 9.47 Å². The molecule has 1 aliphatic carbocycles. The second kappa shape index (κ2) is 6.95. The fourth-order valence-electron chi connectivity index (χ4n) is 1.90. The Balaban J connectivity index is 2.21. The molecule has 1 rings (SSSR count). The fraction of sp³-hybridized carbons (Fsp3) is 0.923. The number of nitrogens with one attached hydrogen (secondary N) is 1. The maximum Gasteiger partial charge on any atom is 0.106 e. The van der Waals surface area contributed by atoms with Crippen molar-refractivity contribution in [3.8, 4) is 6.07 Å². The molecule has 17 heavy (non-hydrogen) atoms. The van der Waals surface area contributed by atoms with Crippen LogP contribution in [0.4, 0.5) is 0 Å². The largest absolute Gasteiger partial charge is 0.379 e. The topological polar surface area (TPSA) is 54.3 Å². The van der Waals surface area contributed by atoms with E-state index in [0.29, 0.717) is 25.7 Å². The van der Waals surface area contributed by atoms with Crippen LogP contribution in [0.2, 0.25) is 0 Å². The quantitative estimate of drug-likeness (QED) is 0.625. The van der Waals surface area contributed by atoms with Crippen LogP contribution in [0.25, 0.3) is 0 Å². The molecule has 0 spiro atoms. The van der Waals surface area contributed by atoms with Gasteiger partial charge in [0.25, 0.3) is 0 Å². The molecule has 0 radical (unpaired) electrons. The van der Waals surface area contributed by atoms with Crippen molar-refractivity contribution in [1.29, 1.82) is 5.26 Å². The molecule has 1 fully saturated rings. The van der Waals surface area contributed by atoms with Crippen LogP contribution in [0.1, 0.15) is 40.0 Å². The lowest BCUT2D eigenvalue weighted by atomic mass is 9.96. The summed E-state index contributed by atoms with van der Waals surface area (Å²) in [5.74, 6) is 0. The smallest absolute Gasteiger partial charge is 0.106 e. The predicted octanol–water partition coefficient (Wildman–Crippen LogP) is 1.85. The third kappa shape index (κ3) is 6.02. The van der Waals surface area contributed by atoms with Crippen molar-refractivity contribution in [3.05, 3.63) is 0 Å². The van der Waals surface area contributed by atoms with Crippen LogP contribution in [0, 0.1) is 11.3 Å². The summed E-state index contributed by atoms with van der Waals surface area (Å²) in [5.41, 5.74) is -0.466. The van der Waals surface area contributed by atoms with Crippen LogP contribution >= 0.6 is 0 Å². The molecule has 4 nitrogen and oxygen atoms in total. The summed E-state index contributed by atoms with van der Waals surface area (Å²) in [5, 5.41) is 12.6. The highest BCUT2D eigenvalue weighted by atomic mass is 16.5. The van der Waals surface area contributed by atoms with E-state index in [2.05, 4.69) is 11.4 Å². The van der Waals surface area contributed by atoms with Gasteiger partial charge in [0.1, 0.15) is 5.54 Å². The first-order valence-electron chi connectivity index (χ1n) is 6.48. The van der Waals surface area contributed by atoms with E-state index in [1.165, 1.54) is 12.8 Å². The fourth-order valence-corrected chi connectivity index (χ4v) is 1.90. The number of hydrogen-bond acceptors (Lipinski definition) is 4. The molecule has 0 aromatic carbocycles. The van der Waals surface area contributed by atoms with Gasteiger partial charge in [-0.3, -0.25) is 5.32 Å². The Hall–Kier alpha value is -0.630.